The largest absolute Gasteiger partial charge is 0.392 e. The first-order chi connectivity index (χ1) is 9.70. The van der Waals surface area contributed by atoms with Crippen molar-refractivity contribution in [3.8, 4) is 0 Å². The Bertz CT molecular complexity index is 657. The number of nitrogens with zero attached hydrogens (tertiary/aromatic N) is 2. The van der Waals surface area contributed by atoms with Crippen molar-refractivity contribution >= 4 is 22.6 Å². The van der Waals surface area contributed by atoms with Crippen LogP contribution in [0.3, 0.4) is 0 Å². The Morgan fingerprint density at radius 2 is 2.25 bits per heavy atom. The Balaban J connectivity index is 2.11. The molecule has 1 aliphatic heterocycles. The Labute approximate surface area is 117 Å². The molecular weight excluding hydrogens is 254 g/mol. The predicted octanol–water partition coefficient (Wildman–Crippen LogP) is 1.18. The van der Waals surface area contributed by atoms with Crippen molar-refractivity contribution in [2.24, 2.45) is 5.73 Å². The van der Waals surface area contributed by atoms with E-state index in [1.807, 2.05) is 35.2 Å². The van der Waals surface area contributed by atoms with E-state index >= 15 is 0 Å². The number of amides is 1. The van der Waals surface area contributed by atoms with Crippen LogP contribution in [0.15, 0.2) is 30.3 Å². The Hall–Kier alpha value is -2.14. The van der Waals surface area contributed by atoms with Crippen molar-refractivity contribution in [1.29, 1.82) is 0 Å². The molecule has 5 nitrogen and oxygen atoms in total. The van der Waals surface area contributed by atoms with Crippen LogP contribution in [0, 0.1) is 0 Å². The Morgan fingerprint density at radius 1 is 1.45 bits per heavy atom. The van der Waals surface area contributed by atoms with Crippen LogP contribution in [0.2, 0.25) is 0 Å². The van der Waals surface area contributed by atoms with Gasteiger partial charge in [0.25, 0.3) is 0 Å². The van der Waals surface area contributed by atoms with Gasteiger partial charge >= 0.3 is 0 Å². The molecule has 1 fully saturated rings. The van der Waals surface area contributed by atoms with Gasteiger partial charge in [-0.2, -0.15) is 0 Å². The molecule has 1 saturated heterocycles. The number of aromatic nitrogens is 1. The molecule has 2 aromatic rings. The number of hydrogen-bond donors (Lipinski definition) is 2. The van der Waals surface area contributed by atoms with Crippen molar-refractivity contribution in [1.82, 2.24) is 4.98 Å². The van der Waals surface area contributed by atoms with E-state index in [9.17, 15) is 9.90 Å². The molecule has 1 unspecified atom stereocenters. The molecule has 0 bridgehead atoms. The zero-order valence-electron chi connectivity index (χ0n) is 11.1. The fraction of sp³-hybridized carbons (Fsp3) is 0.333. The van der Waals surface area contributed by atoms with Crippen LogP contribution in [0.5, 0.6) is 0 Å². The van der Waals surface area contributed by atoms with Crippen LogP contribution in [-0.4, -0.2) is 28.6 Å². The third-order valence-electron chi connectivity index (χ3n) is 3.80. The summed E-state index contributed by atoms with van der Waals surface area (Å²) < 4.78 is 0. The number of rotatable bonds is 3. The van der Waals surface area contributed by atoms with Crippen molar-refractivity contribution in [3.05, 3.63) is 35.9 Å². The summed E-state index contributed by atoms with van der Waals surface area (Å²) in [6, 6.07) is 9.35. The van der Waals surface area contributed by atoms with Gasteiger partial charge in [-0.05, 0) is 25.0 Å². The summed E-state index contributed by atoms with van der Waals surface area (Å²) in [5, 5.41) is 10.6. The van der Waals surface area contributed by atoms with Crippen molar-refractivity contribution in [2.75, 3.05) is 11.4 Å². The molecule has 3 rings (SSSR count). The number of pyridine rings is 1. The summed E-state index contributed by atoms with van der Waals surface area (Å²) in [6.45, 7) is 0.640. The average molecular weight is 271 g/mol. The lowest BCUT2D eigenvalue weighted by Crippen LogP contribution is -2.41. The molecule has 0 aliphatic carbocycles. The number of aliphatic hydroxyl groups is 1. The molecule has 1 atom stereocenters. The molecule has 1 aliphatic rings. The summed E-state index contributed by atoms with van der Waals surface area (Å²) in [4.78, 5) is 18.1. The molecule has 0 saturated carbocycles. The molecule has 1 aromatic heterocycles. The zero-order chi connectivity index (χ0) is 14.1. The predicted molar refractivity (Wildman–Crippen MR) is 77.2 cm³/mol. The van der Waals surface area contributed by atoms with Crippen molar-refractivity contribution < 1.29 is 9.90 Å². The second-order valence-corrected chi connectivity index (χ2v) is 5.08. The third kappa shape index (κ3) is 2.10. The summed E-state index contributed by atoms with van der Waals surface area (Å²) in [6.07, 6.45) is 1.65. The van der Waals surface area contributed by atoms with E-state index in [0.29, 0.717) is 5.82 Å². The monoisotopic (exact) mass is 271 g/mol. The van der Waals surface area contributed by atoms with Gasteiger partial charge in [-0.15, -0.1) is 0 Å². The van der Waals surface area contributed by atoms with Gasteiger partial charge in [0, 0.05) is 17.5 Å². The molecule has 1 aromatic carbocycles. The number of benzene rings is 1. The first-order valence-electron chi connectivity index (χ1n) is 6.76. The lowest BCUT2D eigenvalue weighted by atomic mass is 10.1. The van der Waals surface area contributed by atoms with E-state index in [4.69, 9.17) is 5.73 Å². The lowest BCUT2D eigenvalue weighted by Gasteiger charge is -2.25. The van der Waals surface area contributed by atoms with Gasteiger partial charge in [0.1, 0.15) is 11.9 Å². The molecule has 0 radical (unpaired) electrons. The minimum absolute atomic E-state index is 0.102. The number of carbonyl (C=O) groups is 1. The van der Waals surface area contributed by atoms with E-state index in [1.165, 1.54) is 0 Å². The standard InChI is InChI=1S/C15H17N3O2/c16-14(20)13-6-3-7-18(13)15-11(9-19)8-10-4-1-2-5-12(10)17-15/h1-2,4-5,8,13,19H,3,6-7,9H2,(H2,16,20). The van der Waals surface area contributed by atoms with E-state index in [1.54, 1.807) is 0 Å². The Morgan fingerprint density at radius 3 is 3.00 bits per heavy atom. The van der Waals surface area contributed by atoms with Crippen LogP contribution < -0.4 is 10.6 Å². The zero-order valence-corrected chi connectivity index (χ0v) is 11.1. The molecule has 2 heterocycles. The van der Waals surface area contributed by atoms with Gasteiger partial charge in [0.05, 0.1) is 12.1 Å². The maximum atomic E-state index is 11.5. The molecule has 3 N–H and O–H groups in total. The molecule has 104 valence electrons. The average Bonchev–Trinajstić information content (AvgIpc) is 2.95. The fourth-order valence-corrected chi connectivity index (χ4v) is 2.83. The quantitative estimate of drug-likeness (QED) is 0.878. The van der Waals surface area contributed by atoms with Gasteiger partial charge in [-0.3, -0.25) is 4.79 Å². The van der Waals surface area contributed by atoms with E-state index in [0.717, 1.165) is 35.9 Å². The third-order valence-corrected chi connectivity index (χ3v) is 3.80. The van der Waals surface area contributed by atoms with Crippen molar-refractivity contribution in [3.63, 3.8) is 0 Å². The summed E-state index contributed by atoms with van der Waals surface area (Å²) in [5.41, 5.74) is 7.05. The highest BCUT2D eigenvalue weighted by atomic mass is 16.3. The fourth-order valence-electron chi connectivity index (χ4n) is 2.83. The number of primary amides is 1. The highest BCUT2D eigenvalue weighted by molar-refractivity contribution is 5.86. The summed E-state index contributed by atoms with van der Waals surface area (Å²) in [5.74, 6) is 0.342. The SMILES string of the molecule is NC(=O)C1CCCN1c1nc2ccccc2cc1CO. The number of aliphatic hydroxyl groups excluding tert-OH is 1. The number of carbonyl (C=O) groups excluding carboxylic acids is 1. The number of anilines is 1. The van der Waals surface area contributed by atoms with Crippen LogP contribution in [-0.2, 0) is 11.4 Å². The summed E-state index contributed by atoms with van der Waals surface area (Å²) >= 11 is 0. The highest BCUT2D eigenvalue weighted by Gasteiger charge is 2.31. The minimum atomic E-state index is -0.332. The van der Waals surface area contributed by atoms with Crippen molar-refractivity contribution in [2.45, 2.75) is 25.5 Å². The topological polar surface area (TPSA) is 79.5 Å². The summed E-state index contributed by atoms with van der Waals surface area (Å²) in [7, 11) is 0. The second kappa shape index (κ2) is 5.09. The van der Waals surface area contributed by atoms with E-state index in [-0.39, 0.29) is 18.6 Å². The minimum Gasteiger partial charge on any atom is -0.392 e. The van der Waals surface area contributed by atoms with Crippen LogP contribution in [0.1, 0.15) is 18.4 Å². The smallest absolute Gasteiger partial charge is 0.240 e. The van der Waals surface area contributed by atoms with Gasteiger partial charge in [-0.25, -0.2) is 4.98 Å². The number of hydrogen-bond acceptors (Lipinski definition) is 4. The lowest BCUT2D eigenvalue weighted by molar-refractivity contribution is -0.119. The van der Waals surface area contributed by atoms with Gasteiger partial charge < -0.3 is 15.7 Å². The second-order valence-electron chi connectivity index (χ2n) is 5.08. The molecule has 20 heavy (non-hydrogen) atoms. The van der Waals surface area contributed by atoms with Gasteiger partial charge in [0.15, 0.2) is 0 Å². The van der Waals surface area contributed by atoms with Crippen LogP contribution >= 0.6 is 0 Å². The van der Waals surface area contributed by atoms with Crippen LogP contribution in [0.25, 0.3) is 10.9 Å². The number of nitrogens with two attached hydrogens (primary N) is 1. The normalized spacial score (nSPS) is 18.6. The van der Waals surface area contributed by atoms with Gasteiger partial charge in [-0.1, -0.05) is 18.2 Å². The first-order valence-corrected chi connectivity index (χ1v) is 6.76. The molecule has 1 amide bonds. The molecule has 0 spiro atoms. The molecular formula is C15H17N3O2. The number of fused-ring (bicyclic) bond motifs is 1. The maximum Gasteiger partial charge on any atom is 0.240 e. The van der Waals surface area contributed by atoms with E-state index < -0.39 is 0 Å². The van der Waals surface area contributed by atoms with Gasteiger partial charge in [0.2, 0.25) is 5.91 Å². The number of para-hydroxylation sites is 1. The maximum absolute atomic E-state index is 11.5. The highest BCUT2D eigenvalue weighted by Crippen LogP contribution is 2.29. The van der Waals surface area contributed by atoms with E-state index in [2.05, 4.69) is 4.98 Å². The molecule has 5 heteroatoms. The Kier molecular flexibility index (Phi) is 3.28. The van der Waals surface area contributed by atoms with Crippen LogP contribution in [0.4, 0.5) is 5.82 Å². The first kappa shape index (κ1) is 12.9.